The molecular weight excluding hydrogens is 575 g/mol. The second-order valence-electron chi connectivity index (χ2n) is 16.4. The van der Waals surface area contributed by atoms with Crippen molar-refractivity contribution in [3.05, 3.63) is 75.9 Å². The molecule has 0 aliphatic heterocycles. The fourth-order valence-electron chi connectivity index (χ4n) is 11.3. The summed E-state index contributed by atoms with van der Waals surface area (Å²) in [6.07, 6.45) is 18.2. The highest BCUT2D eigenvalue weighted by molar-refractivity contribution is 6.43. The standard InChI is InChI=1S/C20H28.C20H26.C2H4Cl2/c2*1-13-4-7-16-15(12-13)6-8-18-17(16)10-11-20(3)14(2)5-9-19(18)20;1-2(3)4/h4,7,12,14,17-19H,5-6,8-11H2,1-3H3;4,7,10,12,14,18-19H,5-6,8-9,11H2,1-3H3;2H,1H3/t14-,17?,18?,19?,20+;14-,18?,19?,20+;/m00./s1. The zero-order valence-corrected chi connectivity index (χ0v) is 30.2. The number of halogens is 2. The molecule has 2 aromatic rings. The SMILES string of the molecule is CC(Cl)Cl.Cc1ccc2c(c1)CCC1C2=CC[C@@]2(C)C1CC[C@@H]2C.Cc1ccc2c(c1)CCC1C2CC[C@@]2(C)C1CC[C@@H]2C. The first-order chi connectivity index (χ1) is 20.9. The van der Waals surface area contributed by atoms with E-state index in [-0.39, 0.29) is 4.84 Å². The van der Waals surface area contributed by atoms with E-state index in [1.807, 2.05) is 0 Å². The van der Waals surface area contributed by atoms with Gasteiger partial charge in [-0.2, -0.15) is 0 Å². The molecule has 0 N–H and O–H groups in total. The minimum absolute atomic E-state index is 0.222. The van der Waals surface area contributed by atoms with Crippen LogP contribution in [0.5, 0.6) is 0 Å². The van der Waals surface area contributed by atoms with Gasteiger partial charge in [-0.25, -0.2) is 0 Å². The first-order valence-electron chi connectivity index (χ1n) is 18.1. The molecule has 2 heteroatoms. The van der Waals surface area contributed by atoms with Crippen molar-refractivity contribution in [2.75, 3.05) is 0 Å². The van der Waals surface area contributed by atoms with Gasteiger partial charge in [0.2, 0.25) is 0 Å². The average Bonchev–Trinajstić information content (AvgIpc) is 3.46. The quantitative estimate of drug-likeness (QED) is 0.253. The molecule has 3 saturated carbocycles. The fourth-order valence-corrected chi connectivity index (χ4v) is 11.3. The van der Waals surface area contributed by atoms with Crippen molar-refractivity contribution >= 4 is 28.8 Å². The molecule has 9 atom stereocenters. The van der Waals surface area contributed by atoms with Gasteiger partial charge in [-0.3, -0.25) is 0 Å². The van der Waals surface area contributed by atoms with E-state index in [0.29, 0.717) is 10.8 Å². The molecule has 0 saturated heterocycles. The predicted octanol–water partition coefficient (Wildman–Crippen LogP) is 12.7. The van der Waals surface area contributed by atoms with E-state index in [0.717, 1.165) is 41.4 Å². The molecule has 0 aromatic heterocycles. The lowest BCUT2D eigenvalue weighted by Gasteiger charge is -2.50. The highest BCUT2D eigenvalue weighted by atomic mass is 35.5. The van der Waals surface area contributed by atoms with Crippen molar-refractivity contribution in [1.29, 1.82) is 0 Å². The van der Waals surface area contributed by atoms with Gasteiger partial charge in [0.05, 0.1) is 0 Å². The second kappa shape index (κ2) is 12.8. The molecule has 0 spiro atoms. The van der Waals surface area contributed by atoms with Gasteiger partial charge in [0.25, 0.3) is 0 Å². The van der Waals surface area contributed by atoms with Crippen LogP contribution in [0.3, 0.4) is 0 Å². The largest absolute Gasteiger partial charge is 0.106 e. The summed E-state index contributed by atoms with van der Waals surface area (Å²) < 4.78 is 0. The smallest absolute Gasteiger partial charge is 0.105 e. The normalized spacial score (nSPS) is 37.9. The van der Waals surface area contributed by atoms with Crippen LogP contribution in [0.1, 0.15) is 132 Å². The molecule has 6 aliphatic carbocycles. The Morgan fingerprint density at radius 2 is 1.32 bits per heavy atom. The van der Waals surface area contributed by atoms with Crippen molar-refractivity contribution in [3.63, 3.8) is 0 Å². The van der Waals surface area contributed by atoms with E-state index in [1.165, 1.54) is 81.8 Å². The Kier molecular flexibility index (Phi) is 9.47. The number of fused-ring (bicyclic) bond motifs is 10. The predicted molar refractivity (Wildman–Crippen MR) is 192 cm³/mol. The molecule has 44 heavy (non-hydrogen) atoms. The minimum atomic E-state index is -0.222. The number of hydrogen-bond acceptors (Lipinski definition) is 0. The lowest BCUT2D eigenvalue weighted by Crippen LogP contribution is -2.41. The first-order valence-corrected chi connectivity index (χ1v) is 19.0. The zero-order valence-electron chi connectivity index (χ0n) is 28.7. The van der Waals surface area contributed by atoms with Crippen LogP contribution in [0, 0.1) is 60.2 Å². The molecule has 0 amide bonds. The summed E-state index contributed by atoms with van der Waals surface area (Å²) in [6.45, 7) is 16.3. The van der Waals surface area contributed by atoms with Crippen LogP contribution in [0.25, 0.3) is 5.57 Å². The minimum Gasteiger partial charge on any atom is -0.106 e. The lowest BCUT2D eigenvalue weighted by molar-refractivity contribution is 0.0337. The van der Waals surface area contributed by atoms with Gasteiger partial charge in [0.1, 0.15) is 4.84 Å². The Morgan fingerprint density at radius 3 is 2.05 bits per heavy atom. The summed E-state index contributed by atoms with van der Waals surface area (Å²) in [4.78, 5) is -0.222. The molecule has 5 unspecified atom stereocenters. The maximum atomic E-state index is 5.04. The maximum absolute atomic E-state index is 5.04. The number of rotatable bonds is 0. The third-order valence-corrected chi connectivity index (χ3v) is 14.2. The molecular formula is C42H58Cl2. The fraction of sp³-hybridized carbons (Fsp3) is 0.667. The van der Waals surface area contributed by atoms with Crippen molar-refractivity contribution in [2.24, 2.45) is 46.3 Å². The molecule has 0 bridgehead atoms. The Labute approximate surface area is 279 Å². The summed E-state index contributed by atoms with van der Waals surface area (Å²) in [5.41, 5.74) is 12.3. The number of allylic oxidation sites excluding steroid dienone is 2. The molecule has 2 aromatic carbocycles. The van der Waals surface area contributed by atoms with Crippen molar-refractivity contribution < 1.29 is 0 Å². The summed E-state index contributed by atoms with van der Waals surface area (Å²) in [5, 5.41) is 0. The molecule has 6 aliphatic rings. The van der Waals surface area contributed by atoms with Crippen LogP contribution in [0.15, 0.2) is 42.5 Å². The van der Waals surface area contributed by atoms with Gasteiger partial charge >= 0.3 is 0 Å². The highest BCUT2D eigenvalue weighted by Crippen LogP contribution is 2.63. The topological polar surface area (TPSA) is 0 Å². The van der Waals surface area contributed by atoms with Crippen molar-refractivity contribution in [3.8, 4) is 0 Å². The molecule has 3 fully saturated rings. The zero-order chi connectivity index (χ0) is 31.4. The molecule has 240 valence electrons. The number of hydrogen-bond donors (Lipinski definition) is 0. The van der Waals surface area contributed by atoms with Crippen LogP contribution >= 0.6 is 23.2 Å². The second-order valence-corrected chi connectivity index (χ2v) is 18.0. The third kappa shape index (κ3) is 5.87. The lowest BCUT2D eigenvalue weighted by atomic mass is 9.54. The van der Waals surface area contributed by atoms with Gasteiger partial charge in [0, 0.05) is 0 Å². The summed E-state index contributed by atoms with van der Waals surface area (Å²) >= 11 is 10.1. The summed E-state index contributed by atoms with van der Waals surface area (Å²) in [5.74, 6) is 6.50. The van der Waals surface area contributed by atoms with Gasteiger partial charge in [0.15, 0.2) is 0 Å². The van der Waals surface area contributed by atoms with E-state index in [4.69, 9.17) is 23.2 Å². The summed E-state index contributed by atoms with van der Waals surface area (Å²) in [6, 6.07) is 14.4. The van der Waals surface area contributed by atoms with E-state index in [2.05, 4.69) is 84.0 Å². The van der Waals surface area contributed by atoms with Gasteiger partial charge < -0.3 is 0 Å². The molecule has 0 nitrogen and oxygen atoms in total. The number of alkyl halides is 2. The van der Waals surface area contributed by atoms with Crippen molar-refractivity contribution in [2.45, 2.75) is 130 Å². The summed E-state index contributed by atoms with van der Waals surface area (Å²) in [7, 11) is 0. The van der Waals surface area contributed by atoms with Crippen LogP contribution < -0.4 is 0 Å². The Bertz CT molecular complexity index is 1370. The van der Waals surface area contributed by atoms with Crippen LogP contribution in [0.2, 0.25) is 0 Å². The van der Waals surface area contributed by atoms with Crippen LogP contribution in [-0.4, -0.2) is 4.84 Å². The van der Waals surface area contributed by atoms with E-state index >= 15 is 0 Å². The van der Waals surface area contributed by atoms with E-state index < -0.39 is 0 Å². The Balaban J connectivity index is 0.000000139. The van der Waals surface area contributed by atoms with Gasteiger partial charge in [-0.1, -0.05) is 81.3 Å². The number of aryl methyl sites for hydroxylation is 4. The Hall–Kier alpha value is -1.24. The van der Waals surface area contributed by atoms with E-state index in [1.54, 1.807) is 34.8 Å². The Morgan fingerprint density at radius 1 is 0.705 bits per heavy atom. The molecule has 0 heterocycles. The molecule has 0 radical (unpaired) electrons. The van der Waals surface area contributed by atoms with Gasteiger partial charge in [-0.05, 0) is 171 Å². The number of benzene rings is 2. The van der Waals surface area contributed by atoms with Crippen LogP contribution in [0.4, 0.5) is 0 Å². The monoisotopic (exact) mass is 632 g/mol. The average molecular weight is 634 g/mol. The molecule has 8 rings (SSSR count). The van der Waals surface area contributed by atoms with Crippen molar-refractivity contribution in [1.82, 2.24) is 0 Å². The van der Waals surface area contributed by atoms with Gasteiger partial charge in [-0.15, -0.1) is 23.2 Å². The highest BCUT2D eigenvalue weighted by Gasteiger charge is 2.53. The first kappa shape index (κ1) is 32.7. The van der Waals surface area contributed by atoms with E-state index in [9.17, 15) is 0 Å². The van der Waals surface area contributed by atoms with Crippen LogP contribution in [-0.2, 0) is 12.8 Å². The maximum Gasteiger partial charge on any atom is 0.105 e. The third-order valence-electron chi connectivity index (χ3n) is 14.2.